The molecule has 3 heterocycles. The maximum Gasteiger partial charge on any atom is 0.235 e. The van der Waals surface area contributed by atoms with Crippen molar-refractivity contribution < 1.29 is 0 Å². The second-order valence-corrected chi connectivity index (χ2v) is 17.4. The topological polar surface area (TPSA) is 35.6 Å². The summed E-state index contributed by atoms with van der Waals surface area (Å²) in [6.07, 6.45) is 0. The molecule has 0 aliphatic heterocycles. The first kappa shape index (κ1) is 36.6. The Morgan fingerprint density at radius 1 is 0.273 bits per heavy atom. The summed E-state index contributed by atoms with van der Waals surface area (Å²) in [4.78, 5) is 10.9. The van der Waals surface area contributed by atoms with Crippen molar-refractivity contribution in [1.82, 2.24) is 19.1 Å². The van der Waals surface area contributed by atoms with Gasteiger partial charge in [-0.15, -0.1) is 0 Å². The van der Waals surface area contributed by atoms with Gasteiger partial charge in [0.05, 0.1) is 33.5 Å². The Kier molecular flexibility index (Phi) is 7.95. The van der Waals surface area contributed by atoms with E-state index in [-0.39, 0.29) is 0 Å². The van der Waals surface area contributed by atoms with Gasteiger partial charge in [-0.05, 0) is 109 Å². The fraction of sp³-hybridized carbons (Fsp3) is 0. The van der Waals surface area contributed by atoms with Crippen molar-refractivity contribution in [1.29, 1.82) is 0 Å². The van der Waals surface area contributed by atoms with E-state index in [4.69, 9.17) is 9.97 Å². The summed E-state index contributed by atoms with van der Waals surface area (Å²) in [6.45, 7) is 0. The molecular formula is C62H38N4. The van der Waals surface area contributed by atoms with Gasteiger partial charge in [0.1, 0.15) is 0 Å². The van der Waals surface area contributed by atoms with Crippen LogP contribution >= 0.6 is 0 Å². The number of hydrogen-bond donors (Lipinski definition) is 0. The Labute approximate surface area is 380 Å². The van der Waals surface area contributed by atoms with Gasteiger partial charge in [0, 0.05) is 38.4 Å². The van der Waals surface area contributed by atoms with E-state index in [1.807, 2.05) is 0 Å². The Balaban J connectivity index is 0.975. The molecule has 0 amide bonds. The number of para-hydroxylation sites is 1. The van der Waals surface area contributed by atoms with Crippen LogP contribution in [-0.2, 0) is 0 Å². The molecule has 0 unspecified atom stereocenters. The second kappa shape index (κ2) is 14.3. The van der Waals surface area contributed by atoms with Crippen molar-refractivity contribution in [3.05, 3.63) is 231 Å². The molecule has 66 heavy (non-hydrogen) atoms. The van der Waals surface area contributed by atoms with Crippen LogP contribution in [0.2, 0.25) is 0 Å². The quantitative estimate of drug-likeness (QED) is 0.156. The highest BCUT2D eigenvalue weighted by Crippen LogP contribution is 2.43. The molecule has 11 aromatic carbocycles. The highest BCUT2D eigenvalue weighted by atomic mass is 15.2. The highest BCUT2D eigenvalue weighted by molar-refractivity contribution is 6.25. The van der Waals surface area contributed by atoms with Crippen LogP contribution in [0.4, 0.5) is 0 Å². The van der Waals surface area contributed by atoms with Crippen molar-refractivity contribution in [2.45, 2.75) is 0 Å². The maximum atomic E-state index is 5.47. The summed E-state index contributed by atoms with van der Waals surface area (Å²) in [5.74, 6) is 0.636. The summed E-state index contributed by atoms with van der Waals surface area (Å²) in [6, 6.07) is 83.4. The molecule has 0 fully saturated rings. The molecule has 14 aromatic rings. The smallest absolute Gasteiger partial charge is 0.235 e. The van der Waals surface area contributed by atoms with Crippen molar-refractivity contribution in [3.63, 3.8) is 0 Å². The van der Waals surface area contributed by atoms with Crippen LogP contribution in [0.15, 0.2) is 231 Å². The predicted molar refractivity (Wildman–Crippen MR) is 276 cm³/mol. The van der Waals surface area contributed by atoms with E-state index >= 15 is 0 Å². The van der Waals surface area contributed by atoms with Crippen molar-refractivity contribution in [2.75, 3.05) is 0 Å². The Morgan fingerprint density at radius 3 is 1.56 bits per heavy atom. The minimum Gasteiger partial charge on any atom is -0.309 e. The van der Waals surface area contributed by atoms with E-state index in [1.165, 1.54) is 60.0 Å². The van der Waals surface area contributed by atoms with Gasteiger partial charge < -0.3 is 4.57 Å². The predicted octanol–water partition coefficient (Wildman–Crippen LogP) is 16.2. The van der Waals surface area contributed by atoms with E-state index in [1.54, 1.807) is 0 Å². The van der Waals surface area contributed by atoms with Crippen LogP contribution in [-0.4, -0.2) is 19.1 Å². The lowest BCUT2D eigenvalue weighted by Crippen LogP contribution is -2.04. The van der Waals surface area contributed by atoms with E-state index in [2.05, 4.69) is 240 Å². The van der Waals surface area contributed by atoms with Crippen LogP contribution in [0.25, 0.3) is 132 Å². The van der Waals surface area contributed by atoms with Gasteiger partial charge in [-0.2, -0.15) is 0 Å². The van der Waals surface area contributed by atoms with Gasteiger partial charge in [-0.25, -0.2) is 9.97 Å². The first-order valence-electron chi connectivity index (χ1n) is 22.6. The zero-order chi connectivity index (χ0) is 43.3. The van der Waals surface area contributed by atoms with Crippen molar-refractivity contribution >= 4 is 75.9 Å². The first-order chi connectivity index (χ1) is 32.7. The molecule has 3 aromatic heterocycles. The van der Waals surface area contributed by atoms with Gasteiger partial charge in [0.15, 0.2) is 0 Å². The summed E-state index contributed by atoms with van der Waals surface area (Å²) in [5.41, 5.74) is 14.3. The zero-order valence-electron chi connectivity index (χ0n) is 35.7. The van der Waals surface area contributed by atoms with Crippen LogP contribution in [0.1, 0.15) is 0 Å². The molecule has 0 aliphatic carbocycles. The van der Waals surface area contributed by atoms with Gasteiger partial charge in [0.2, 0.25) is 5.95 Å². The largest absolute Gasteiger partial charge is 0.309 e. The standard InChI is InChI=1S/C62H38N4/c1-2-13-39(14-3-1)40-29-32-47(33-30-40)65-58-26-12-19-43-27-28-45-35-46(37-59(65)61(45)60(43)58)44-31-34-57-53(36-44)52-22-8-9-25-56(52)66(57)62-63-54(50-23-10-17-41-15-4-6-20-48(41)50)38-55(64-62)51-24-11-18-42-16-5-7-21-49(42)51/h1-38H. The van der Waals surface area contributed by atoms with E-state index < -0.39 is 0 Å². The summed E-state index contributed by atoms with van der Waals surface area (Å²) in [7, 11) is 0. The second-order valence-electron chi connectivity index (χ2n) is 17.4. The minimum atomic E-state index is 0.636. The lowest BCUT2D eigenvalue weighted by molar-refractivity contribution is 0.997. The fourth-order valence-electron chi connectivity index (χ4n) is 10.6. The third kappa shape index (κ3) is 5.58. The van der Waals surface area contributed by atoms with Gasteiger partial charge in [-0.3, -0.25) is 4.57 Å². The molecule has 0 aliphatic rings. The molecule has 0 saturated heterocycles. The van der Waals surface area contributed by atoms with E-state index in [9.17, 15) is 0 Å². The lowest BCUT2D eigenvalue weighted by atomic mass is 9.96. The molecule has 0 spiro atoms. The summed E-state index contributed by atoms with van der Waals surface area (Å²) < 4.78 is 4.70. The third-order valence-corrected chi connectivity index (χ3v) is 13.7. The number of fused-ring (bicyclic) bond motifs is 5. The molecule has 4 heteroatoms. The average Bonchev–Trinajstić information content (AvgIpc) is 3.91. The van der Waals surface area contributed by atoms with Crippen molar-refractivity contribution in [2.24, 2.45) is 0 Å². The normalized spacial score (nSPS) is 11.9. The highest BCUT2D eigenvalue weighted by Gasteiger charge is 2.21. The Hall–Kier alpha value is -8.86. The first-order valence-corrected chi connectivity index (χ1v) is 22.6. The average molecular weight is 839 g/mol. The molecule has 14 rings (SSSR count). The molecule has 0 bridgehead atoms. The number of benzene rings is 11. The number of aromatic nitrogens is 4. The number of rotatable bonds is 6. The fourth-order valence-corrected chi connectivity index (χ4v) is 10.6. The number of nitrogens with zero attached hydrogens (tertiary/aromatic N) is 4. The molecule has 4 nitrogen and oxygen atoms in total. The molecule has 0 saturated carbocycles. The Bertz CT molecular complexity index is 4110. The van der Waals surface area contributed by atoms with Crippen LogP contribution in [0.5, 0.6) is 0 Å². The minimum absolute atomic E-state index is 0.636. The summed E-state index contributed by atoms with van der Waals surface area (Å²) >= 11 is 0. The van der Waals surface area contributed by atoms with Gasteiger partial charge in [-0.1, -0.05) is 176 Å². The van der Waals surface area contributed by atoms with Crippen LogP contribution in [0, 0.1) is 0 Å². The van der Waals surface area contributed by atoms with Crippen molar-refractivity contribution in [3.8, 4) is 56.4 Å². The molecule has 0 radical (unpaired) electrons. The SMILES string of the molecule is c1ccc(-c2ccc(-n3c4cccc5ccc6cc(-c7ccc8c(c7)c7ccccc7n8-c7nc(-c8cccc9ccccc89)cc(-c8cccc9ccccc89)n7)cc3c6c54)cc2)cc1. The monoisotopic (exact) mass is 838 g/mol. The molecular weight excluding hydrogens is 801 g/mol. The van der Waals surface area contributed by atoms with Gasteiger partial charge >= 0.3 is 0 Å². The van der Waals surface area contributed by atoms with Crippen LogP contribution < -0.4 is 0 Å². The Morgan fingerprint density at radius 2 is 0.818 bits per heavy atom. The van der Waals surface area contributed by atoms with E-state index in [0.29, 0.717) is 5.95 Å². The number of hydrogen-bond acceptors (Lipinski definition) is 2. The zero-order valence-corrected chi connectivity index (χ0v) is 35.7. The van der Waals surface area contributed by atoms with Crippen LogP contribution in [0.3, 0.4) is 0 Å². The maximum absolute atomic E-state index is 5.47. The molecule has 0 atom stereocenters. The lowest BCUT2D eigenvalue weighted by Gasteiger charge is -2.14. The third-order valence-electron chi connectivity index (χ3n) is 13.7. The molecule has 306 valence electrons. The van der Waals surface area contributed by atoms with E-state index in [0.717, 1.165) is 66.3 Å². The molecule has 0 N–H and O–H groups in total. The van der Waals surface area contributed by atoms with Gasteiger partial charge in [0.25, 0.3) is 0 Å². The summed E-state index contributed by atoms with van der Waals surface area (Å²) in [5, 5.41) is 12.0.